The maximum Gasteiger partial charge on any atom is 0.318 e. The summed E-state index contributed by atoms with van der Waals surface area (Å²) in [5.41, 5.74) is 3.46. The third-order valence-electron chi connectivity index (χ3n) is 5.17. The summed E-state index contributed by atoms with van der Waals surface area (Å²) in [6.45, 7) is 6.00. The van der Waals surface area contributed by atoms with Gasteiger partial charge in [-0.3, -0.25) is 9.59 Å². The lowest BCUT2D eigenvalue weighted by Gasteiger charge is -2.30. The van der Waals surface area contributed by atoms with Crippen LogP contribution < -0.4 is 0 Å². The van der Waals surface area contributed by atoms with Crippen molar-refractivity contribution in [2.45, 2.75) is 32.6 Å². The van der Waals surface area contributed by atoms with E-state index in [0.29, 0.717) is 0 Å². The highest BCUT2D eigenvalue weighted by atomic mass is 16.6. The molecule has 0 amide bonds. The second kappa shape index (κ2) is 6.60. The highest BCUT2D eigenvalue weighted by molar-refractivity contribution is 5.96. The minimum atomic E-state index is -0.450. The van der Waals surface area contributed by atoms with Crippen molar-refractivity contribution < 1.29 is 14.3 Å². The molecule has 0 N–H and O–H groups in total. The summed E-state index contributed by atoms with van der Waals surface area (Å²) in [5, 5.41) is 0. The molecule has 3 rings (SSSR count). The summed E-state index contributed by atoms with van der Waals surface area (Å²) in [6.07, 6.45) is 0. The first-order valence-electron chi connectivity index (χ1n) is 8.36. The molecule has 1 aliphatic rings. The van der Waals surface area contributed by atoms with Gasteiger partial charge < -0.3 is 4.74 Å². The number of ether oxygens (including phenoxy) is 1. The van der Waals surface area contributed by atoms with E-state index in [1.807, 2.05) is 42.5 Å². The van der Waals surface area contributed by atoms with Gasteiger partial charge in [0.05, 0.1) is 11.8 Å². The number of benzene rings is 2. The number of carbonyl (C=O) groups excluding carboxylic acids is 2. The highest BCUT2D eigenvalue weighted by Gasteiger charge is 2.48. The van der Waals surface area contributed by atoms with Gasteiger partial charge in [-0.25, -0.2) is 0 Å². The number of hydrogen-bond donors (Lipinski definition) is 0. The standard InChI is InChI=1S/C21H22O3/c1-13-9-7-8-12-17(13)14(2)18(16-10-5-4-6-11-16)19-15(3)20(22)24-21(19)23/h4-12,14-15,18-19H,1-3H3. The third kappa shape index (κ3) is 2.86. The maximum absolute atomic E-state index is 12.4. The van der Waals surface area contributed by atoms with Gasteiger partial charge in [0.15, 0.2) is 0 Å². The SMILES string of the molecule is Cc1ccccc1C(C)C(c1ccccc1)C1C(=O)OC(=O)C1C. The van der Waals surface area contributed by atoms with Crippen LogP contribution in [0.3, 0.4) is 0 Å². The Balaban J connectivity index is 2.08. The molecule has 2 aromatic carbocycles. The molecule has 0 bridgehead atoms. The number of hydrogen-bond acceptors (Lipinski definition) is 3. The van der Waals surface area contributed by atoms with Gasteiger partial charge in [0.25, 0.3) is 0 Å². The van der Waals surface area contributed by atoms with Gasteiger partial charge in [0.2, 0.25) is 0 Å². The second-order valence-corrected chi connectivity index (χ2v) is 6.64. The molecule has 3 nitrogen and oxygen atoms in total. The Hall–Kier alpha value is -2.42. The van der Waals surface area contributed by atoms with Gasteiger partial charge >= 0.3 is 11.9 Å². The zero-order valence-electron chi connectivity index (χ0n) is 14.2. The number of cyclic esters (lactones) is 2. The van der Waals surface area contributed by atoms with Gasteiger partial charge in [-0.1, -0.05) is 68.4 Å². The Morgan fingerprint density at radius 3 is 2.12 bits per heavy atom. The lowest BCUT2D eigenvalue weighted by atomic mass is 9.70. The molecule has 4 unspecified atom stereocenters. The van der Waals surface area contributed by atoms with Gasteiger partial charge in [0.1, 0.15) is 0 Å². The Kier molecular flexibility index (Phi) is 4.52. The zero-order valence-corrected chi connectivity index (χ0v) is 14.2. The van der Waals surface area contributed by atoms with Crippen LogP contribution in [0, 0.1) is 18.8 Å². The molecule has 0 saturated carbocycles. The largest absolute Gasteiger partial charge is 0.393 e. The molecule has 0 radical (unpaired) electrons. The Morgan fingerprint density at radius 2 is 1.54 bits per heavy atom. The average Bonchev–Trinajstić information content (AvgIpc) is 2.83. The molecule has 1 saturated heterocycles. The van der Waals surface area contributed by atoms with Crippen molar-refractivity contribution in [2.75, 3.05) is 0 Å². The van der Waals surface area contributed by atoms with Crippen molar-refractivity contribution in [3.8, 4) is 0 Å². The molecule has 1 heterocycles. The molecule has 0 aromatic heterocycles. The third-order valence-corrected chi connectivity index (χ3v) is 5.17. The van der Waals surface area contributed by atoms with E-state index in [0.717, 1.165) is 5.56 Å². The Morgan fingerprint density at radius 1 is 0.917 bits per heavy atom. The van der Waals surface area contributed by atoms with E-state index in [1.54, 1.807) is 6.92 Å². The molecule has 0 aliphatic carbocycles. The van der Waals surface area contributed by atoms with Crippen molar-refractivity contribution in [2.24, 2.45) is 11.8 Å². The fourth-order valence-electron chi connectivity index (χ4n) is 3.84. The molecule has 1 fully saturated rings. The molecule has 0 spiro atoms. The fourth-order valence-corrected chi connectivity index (χ4v) is 3.84. The summed E-state index contributed by atoms with van der Waals surface area (Å²) in [5.74, 6) is -1.69. The summed E-state index contributed by atoms with van der Waals surface area (Å²) >= 11 is 0. The summed E-state index contributed by atoms with van der Waals surface area (Å²) in [7, 11) is 0. The summed E-state index contributed by atoms with van der Waals surface area (Å²) in [6, 6.07) is 18.2. The van der Waals surface area contributed by atoms with Crippen LogP contribution in [-0.4, -0.2) is 11.9 Å². The van der Waals surface area contributed by atoms with Crippen molar-refractivity contribution in [1.82, 2.24) is 0 Å². The Labute approximate surface area is 142 Å². The first-order chi connectivity index (χ1) is 11.5. The van der Waals surface area contributed by atoms with Crippen LogP contribution >= 0.6 is 0 Å². The van der Waals surface area contributed by atoms with Crippen molar-refractivity contribution in [3.05, 3.63) is 71.3 Å². The van der Waals surface area contributed by atoms with E-state index < -0.39 is 23.8 Å². The normalized spacial score (nSPS) is 23.0. The summed E-state index contributed by atoms with van der Waals surface area (Å²) < 4.78 is 4.93. The molecule has 124 valence electrons. The van der Waals surface area contributed by atoms with Crippen LogP contribution in [0.1, 0.15) is 42.4 Å². The lowest BCUT2D eigenvalue weighted by molar-refractivity contribution is -0.153. The molecule has 1 aliphatic heterocycles. The van der Waals surface area contributed by atoms with Gasteiger partial charge in [-0.2, -0.15) is 0 Å². The molecule has 2 aromatic rings. The van der Waals surface area contributed by atoms with E-state index in [2.05, 4.69) is 26.0 Å². The number of esters is 2. The maximum atomic E-state index is 12.4. The average molecular weight is 322 g/mol. The predicted octanol–water partition coefficient (Wildman–Crippen LogP) is 4.22. The van der Waals surface area contributed by atoms with E-state index in [-0.39, 0.29) is 11.8 Å². The number of aryl methyl sites for hydroxylation is 1. The van der Waals surface area contributed by atoms with Crippen LogP contribution in [-0.2, 0) is 14.3 Å². The van der Waals surface area contributed by atoms with Crippen molar-refractivity contribution in [1.29, 1.82) is 0 Å². The van der Waals surface area contributed by atoms with Crippen LogP contribution in [0.5, 0.6) is 0 Å². The molecule has 24 heavy (non-hydrogen) atoms. The van der Waals surface area contributed by atoms with E-state index in [4.69, 9.17) is 4.74 Å². The van der Waals surface area contributed by atoms with Gasteiger partial charge in [-0.05, 0) is 29.5 Å². The molecule has 4 atom stereocenters. The second-order valence-electron chi connectivity index (χ2n) is 6.64. The summed E-state index contributed by atoms with van der Waals surface area (Å²) in [4.78, 5) is 24.3. The van der Waals surface area contributed by atoms with Gasteiger partial charge in [0, 0.05) is 5.92 Å². The van der Waals surface area contributed by atoms with Gasteiger partial charge in [-0.15, -0.1) is 0 Å². The zero-order chi connectivity index (χ0) is 17.3. The minimum absolute atomic E-state index is 0.0961. The quantitative estimate of drug-likeness (QED) is 0.625. The van der Waals surface area contributed by atoms with E-state index in [9.17, 15) is 9.59 Å². The van der Waals surface area contributed by atoms with Crippen LogP contribution in [0.4, 0.5) is 0 Å². The van der Waals surface area contributed by atoms with Crippen molar-refractivity contribution >= 4 is 11.9 Å². The van der Waals surface area contributed by atoms with Crippen molar-refractivity contribution in [3.63, 3.8) is 0 Å². The van der Waals surface area contributed by atoms with Crippen LogP contribution in [0.15, 0.2) is 54.6 Å². The first kappa shape index (κ1) is 16.4. The molecule has 3 heteroatoms. The molecular weight excluding hydrogens is 300 g/mol. The molecular formula is C21H22O3. The smallest absolute Gasteiger partial charge is 0.318 e. The van der Waals surface area contributed by atoms with E-state index in [1.165, 1.54) is 11.1 Å². The lowest BCUT2D eigenvalue weighted by Crippen LogP contribution is -2.27. The topological polar surface area (TPSA) is 43.4 Å². The first-order valence-corrected chi connectivity index (χ1v) is 8.36. The monoisotopic (exact) mass is 322 g/mol. The van der Waals surface area contributed by atoms with E-state index >= 15 is 0 Å². The van der Waals surface area contributed by atoms with Crippen LogP contribution in [0.25, 0.3) is 0 Å². The Bertz CT molecular complexity index is 751. The minimum Gasteiger partial charge on any atom is -0.393 e. The number of carbonyl (C=O) groups is 2. The highest BCUT2D eigenvalue weighted by Crippen LogP contribution is 2.45. The predicted molar refractivity (Wildman–Crippen MR) is 92.5 cm³/mol. The number of rotatable bonds is 4. The fraction of sp³-hybridized carbons (Fsp3) is 0.333. The van der Waals surface area contributed by atoms with Crippen LogP contribution in [0.2, 0.25) is 0 Å².